The minimum absolute atomic E-state index is 0.224. The summed E-state index contributed by atoms with van der Waals surface area (Å²) in [5.41, 5.74) is 1.61. The first-order chi connectivity index (χ1) is 15.6. The van der Waals surface area contributed by atoms with E-state index in [0.29, 0.717) is 11.4 Å². The number of benzene rings is 3. The molecular weight excluding hydrogens is 406 g/mol. The first-order valence-corrected chi connectivity index (χ1v) is 10.2. The largest absolute Gasteiger partial charge is 0.462 e. The topological polar surface area (TPSA) is 90.3 Å². The van der Waals surface area contributed by atoms with E-state index < -0.39 is 17.4 Å². The lowest BCUT2D eigenvalue weighted by atomic mass is 10.0. The molecule has 0 aliphatic carbocycles. The van der Waals surface area contributed by atoms with E-state index in [1.54, 1.807) is 37.3 Å². The Morgan fingerprint density at radius 3 is 2.53 bits per heavy atom. The Morgan fingerprint density at radius 1 is 0.938 bits per heavy atom. The minimum atomic E-state index is -0.531. The van der Waals surface area contributed by atoms with Crippen molar-refractivity contribution in [1.82, 2.24) is 9.78 Å². The number of hydrogen-bond acceptors (Lipinski definition) is 5. The molecule has 0 atom stereocenters. The lowest BCUT2D eigenvalue weighted by Crippen LogP contribution is -2.29. The van der Waals surface area contributed by atoms with Crippen LogP contribution in [-0.2, 0) is 16.1 Å². The van der Waals surface area contributed by atoms with Gasteiger partial charge in [-0.05, 0) is 35.9 Å². The van der Waals surface area contributed by atoms with Crippen LogP contribution in [0.4, 0.5) is 5.69 Å². The Balaban J connectivity index is 1.60. The molecule has 1 amide bonds. The lowest BCUT2D eigenvalue weighted by Gasteiger charge is -2.12. The molecule has 4 rings (SSSR count). The highest BCUT2D eigenvalue weighted by molar-refractivity contribution is 6.01. The third-order valence-corrected chi connectivity index (χ3v) is 4.92. The molecule has 32 heavy (non-hydrogen) atoms. The highest BCUT2D eigenvalue weighted by Gasteiger charge is 2.15. The smallest absolute Gasteiger partial charge is 0.340 e. The van der Waals surface area contributed by atoms with E-state index in [-0.39, 0.29) is 18.7 Å². The van der Waals surface area contributed by atoms with Crippen LogP contribution in [-0.4, -0.2) is 28.3 Å². The highest BCUT2D eigenvalue weighted by atomic mass is 16.5. The van der Waals surface area contributed by atoms with Gasteiger partial charge in [0.25, 0.3) is 5.56 Å². The Labute approximate surface area is 184 Å². The van der Waals surface area contributed by atoms with E-state index in [9.17, 15) is 14.4 Å². The highest BCUT2D eigenvalue weighted by Crippen LogP contribution is 2.26. The van der Waals surface area contributed by atoms with E-state index in [1.165, 1.54) is 6.07 Å². The number of fused-ring (bicyclic) bond motifs is 1. The van der Waals surface area contributed by atoms with Gasteiger partial charge in [-0.2, -0.15) is 5.10 Å². The molecule has 3 aromatic carbocycles. The number of hydrogen-bond donors (Lipinski definition) is 1. The molecule has 0 fully saturated rings. The van der Waals surface area contributed by atoms with E-state index in [1.807, 2.05) is 42.5 Å². The van der Waals surface area contributed by atoms with Gasteiger partial charge in [0.15, 0.2) is 0 Å². The van der Waals surface area contributed by atoms with E-state index in [2.05, 4.69) is 10.4 Å². The molecule has 7 nitrogen and oxygen atoms in total. The monoisotopic (exact) mass is 427 g/mol. The number of ether oxygens (including phenoxy) is 1. The number of rotatable bonds is 6. The van der Waals surface area contributed by atoms with E-state index in [0.717, 1.165) is 21.0 Å². The maximum absolute atomic E-state index is 12.7. The van der Waals surface area contributed by atoms with Crippen LogP contribution >= 0.6 is 0 Å². The average Bonchev–Trinajstić information content (AvgIpc) is 2.80. The zero-order valence-corrected chi connectivity index (χ0v) is 17.4. The quantitative estimate of drug-likeness (QED) is 0.472. The Morgan fingerprint density at radius 2 is 1.69 bits per heavy atom. The van der Waals surface area contributed by atoms with Crippen LogP contribution in [0.1, 0.15) is 17.3 Å². The molecule has 4 aromatic rings. The van der Waals surface area contributed by atoms with Crippen molar-refractivity contribution in [1.29, 1.82) is 0 Å². The van der Waals surface area contributed by atoms with Gasteiger partial charge in [0.05, 0.1) is 23.6 Å². The van der Waals surface area contributed by atoms with Gasteiger partial charge in [0.1, 0.15) is 6.54 Å². The van der Waals surface area contributed by atoms with Crippen LogP contribution in [0.15, 0.2) is 83.7 Å². The SMILES string of the molecule is CCOC(=O)c1ccccc1NC(=O)Cn1nc(-c2cccc3ccccc23)ccc1=O. The van der Waals surface area contributed by atoms with E-state index in [4.69, 9.17) is 4.74 Å². The van der Waals surface area contributed by atoms with Gasteiger partial charge in [-0.15, -0.1) is 0 Å². The van der Waals surface area contributed by atoms with Crippen molar-refractivity contribution in [3.05, 3.63) is 94.8 Å². The summed E-state index contributed by atoms with van der Waals surface area (Å²) in [7, 11) is 0. The number of nitrogens with zero attached hydrogens (tertiary/aromatic N) is 2. The standard InChI is InChI=1S/C25H21N3O4/c1-2-32-25(31)20-11-5-6-13-21(20)26-23(29)16-28-24(30)15-14-22(27-28)19-12-7-9-17-8-3-4-10-18(17)19/h3-15H,2,16H2,1H3,(H,26,29). The maximum atomic E-state index is 12.7. The van der Waals surface area contributed by atoms with Crippen LogP contribution in [0, 0.1) is 0 Å². The van der Waals surface area contributed by atoms with Crippen LogP contribution in [0.25, 0.3) is 22.0 Å². The van der Waals surface area contributed by atoms with Crippen LogP contribution < -0.4 is 10.9 Å². The van der Waals surface area contributed by atoms with Crippen molar-refractivity contribution in [3.8, 4) is 11.3 Å². The van der Waals surface area contributed by atoms with Crippen molar-refractivity contribution >= 4 is 28.3 Å². The first-order valence-electron chi connectivity index (χ1n) is 10.2. The van der Waals surface area contributed by atoms with Crippen molar-refractivity contribution in [2.75, 3.05) is 11.9 Å². The third-order valence-electron chi connectivity index (χ3n) is 4.92. The maximum Gasteiger partial charge on any atom is 0.340 e. The zero-order valence-electron chi connectivity index (χ0n) is 17.4. The average molecular weight is 427 g/mol. The van der Waals surface area contributed by atoms with Crippen molar-refractivity contribution in [2.24, 2.45) is 0 Å². The molecule has 160 valence electrons. The number of para-hydroxylation sites is 1. The first kappa shape index (κ1) is 21.0. The molecule has 1 heterocycles. The van der Waals surface area contributed by atoms with Gasteiger partial charge >= 0.3 is 5.97 Å². The fourth-order valence-electron chi connectivity index (χ4n) is 3.46. The van der Waals surface area contributed by atoms with Crippen LogP contribution in [0.5, 0.6) is 0 Å². The molecule has 0 bridgehead atoms. The number of nitrogens with one attached hydrogen (secondary N) is 1. The zero-order chi connectivity index (χ0) is 22.5. The van der Waals surface area contributed by atoms with Gasteiger partial charge in [-0.25, -0.2) is 9.48 Å². The number of amides is 1. The number of carbonyl (C=O) groups is 2. The predicted molar refractivity (Wildman–Crippen MR) is 122 cm³/mol. The molecular formula is C25H21N3O4. The molecule has 0 aliphatic rings. The Hall–Kier alpha value is -4.26. The van der Waals surface area contributed by atoms with Crippen LogP contribution in [0.3, 0.4) is 0 Å². The van der Waals surface area contributed by atoms with E-state index >= 15 is 0 Å². The van der Waals surface area contributed by atoms with Gasteiger partial charge < -0.3 is 10.1 Å². The van der Waals surface area contributed by atoms with Gasteiger partial charge in [0, 0.05) is 11.6 Å². The molecule has 0 radical (unpaired) electrons. The van der Waals surface area contributed by atoms with Gasteiger partial charge in [-0.3, -0.25) is 9.59 Å². The number of aromatic nitrogens is 2. The molecule has 7 heteroatoms. The Kier molecular flexibility index (Phi) is 6.07. The van der Waals surface area contributed by atoms with Crippen molar-refractivity contribution in [3.63, 3.8) is 0 Å². The summed E-state index contributed by atoms with van der Waals surface area (Å²) in [6, 6.07) is 23.3. The molecule has 0 spiro atoms. The summed E-state index contributed by atoms with van der Waals surface area (Å²) < 4.78 is 6.14. The molecule has 0 saturated carbocycles. The molecule has 0 aliphatic heterocycles. The minimum Gasteiger partial charge on any atom is -0.462 e. The number of carbonyl (C=O) groups excluding carboxylic acids is 2. The second-order valence-corrected chi connectivity index (χ2v) is 7.06. The fraction of sp³-hybridized carbons (Fsp3) is 0.120. The number of esters is 1. The van der Waals surface area contributed by atoms with Crippen molar-refractivity contribution in [2.45, 2.75) is 13.5 Å². The second-order valence-electron chi connectivity index (χ2n) is 7.06. The third kappa shape index (κ3) is 4.41. The summed E-state index contributed by atoms with van der Waals surface area (Å²) in [4.78, 5) is 37.2. The summed E-state index contributed by atoms with van der Waals surface area (Å²) >= 11 is 0. The van der Waals surface area contributed by atoms with Crippen molar-refractivity contribution < 1.29 is 14.3 Å². The fourth-order valence-corrected chi connectivity index (χ4v) is 3.46. The predicted octanol–water partition coefficient (Wildman–Crippen LogP) is 3.88. The molecule has 0 saturated heterocycles. The van der Waals surface area contributed by atoms with Gasteiger partial charge in [-0.1, -0.05) is 54.6 Å². The Bertz CT molecular complexity index is 1360. The summed E-state index contributed by atoms with van der Waals surface area (Å²) in [5.74, 6) is -1.01. The van der Waals surface area contributed by atoms with Crippen LogP contribution in [0.2, 0.25) is 0 Å². The number of anilines is 1. The molecule has 1 N–H and O–H groups in total. The normalized spacial score (nSPS) is 10.7. The summed E-state index contributed by atoms with van der Waals surface area (Å²) in [6.07, 6.45) is 0. The second kappa shape index (κ2) is 9.26. The molecule has 1 aromatic heterocycles. The summed E-state index contributed by atoms with van der Waals surface area (Å²) in [5, 5.41) is 9.14. The molecule has 0 unspecified atom stereocenters. The summed E-state index contributed by atoms with van der Waals surface area (Å²) in [6.45, 7) is 1.64. The lowest BCUT2D eigenvalue weighted by molar-refractivity contribution is -0.117. The van der Waals surface area contributed by atoms with Gasteiger partial charge in [0.2, 0.25) is 5.91 Å².